The second-order valence-electron chi connectivity index (χ2n) is 3.93. The predicted octanol–water partition coefficient (Wildman–Crippen LogP) is 3.60. The number of aromatic nitrogens is 2. The summed E-state index contributed by atoms with van der Waals surface area (Å²) in [6, 6.07) is 5.47. The first-order valence-electron chi connectivity index (χ1n) is 5.89. The van der Waals surface area contributed by atoms with Gasteiger partial charge in [0, 0.05) is 11.6 Å². The number of ether oxygens (including phenoxy) is 2. The summed E-state index contributed by atoms with van der Waals surface area (Å²) in [5.74, 6) is 2.46. The molecule has 1 unspecified atom stereocenters. The lowest BCUT2D eigenvalue weighted by Crippen LogP contribution is -1.90. The van der Waals surface area contributed by atoms with E-state index in [4.69, 9.17) is 14.0 Å². The van der Waals surface area contributed by atoms with Crippen molar-refractivity contribution in [3.05, 3.63) is 24.1 Å². The smallest absolute Gasteiger partial charge is 0.240 e. The molecule has 1 heterocycles. The summed E-state index contributed by atoms with van der Waals surface area (Å²) < 4.78 is 15.7. The van der Waals surface area contributed by atoms with E-state index >= 15 is 0 Å². The van der Waals surface area contributed by atoms with E-state index in [1.165, 1.54) is 0 Å². The van der Waals surface area contributed by atoms with Crippen LogP contribution in [0.2, 0.25) is 0 Å². The van der Waals surface area contributed by atoms with Crippen molar-refractivity contribution in [1.82, 2.24) is 10.1 Å². The number of halogens is 1. The molecule has 0 aliphatic heterocycles. The van der Waals surface area contributed by atoms with Crippen molar-refractivity contribution in [2.45, 2.75) is 18.2 Å². The van der Waals surface area contributed by atoms with E-state index in [0.29, 0.717) is 23.2 Å². The summed E-state index contributed by atoms with van der Waals surface area (Å²) in [6.07, 6.45) is 0.878. The van der Waals surface area contributed by atoms with E-state index in [2.05, 4.69) is 26.1 Å². The van der Waals surface area contributed by atoms with Gasteiger partial charge in [-0.3, -0.25) is 0 Å². The predicted molar refractivity (Wildman–Crippen MR) is 74.8 cm³/mol. The summed E-state index contributed by atoms with van der Waals surface area (Å²) in [7, 11) is 3.21. The minimum absolute atomic E-state index is 0.0706. The summed E-state index contributed by atoms with van der Waals surface area (Å²) in [4.78, 5) is 4.44. The summed E-state index contributed by atoms with van der Waals surface area (Å²) in [6.45, 7) is 2.04. The molecule has 1 aromatic heterocycles. The number of benzene rings is 1. The Balaban J connectivity index is 2.37. The van der Waals surface area contributed by atoms with E-state index in [1.807, 2.05) is 19.1 Å². The van der Waals surface area contributed by atoms with Gasteiger partial charge in [-0.1, -0.05) is 28.0 Å². The molecule has 0 bridgehead atoms. The minimum atomic E-state index is 0.0706. The maximum Gasteiger partial charge on any atom is 0.240 e. The Bertz CT molecular complexity index is 534. The van der Waals surface area contributed by atoms with Gasteiger partial charge in [-0.05, 0) is 18.6 Å². The second-order valence-corrected chi connectivity index (χ2v) is 5.04. The fraction of sp³-hybridized carbons (Fsp3) is 0.385. The molecule has 2 rings (SSSR count). The molecule has 1 aromatic carbocycles. The van der Waals surface area contributed by atoms with Gasteiger partial charge in [0.05, 0.1) is 19.0 Å². The highest BCUT2D eigenvalue weighted by Crippen LogP contribution is 2.30. The third kappa shape index (κ3) is 3.07. The average Bonchev–Trinajstić information content (AvgIpc) is 2.95. The van der Waals surface area contributed by atoms with E-state index in [9.17, 15) is 0 Å². The van der Waals surface area contributed by atoms with Crippen LogP contribution >= 0.6 is 15.9 Å². The van der Waals surface area contributed by atoms with Gasteiger partial charge in [0.15, 0.2) is 0 Å². The first-order chi connectivity index (χ1) is 9.17. The number of hydrogen-bond acceptors (Lipinski definition) is 5. The Morgan fingerprint density at radius 1 is 1.21 bits per heavy atom. The monoisotopic (exact) mass is 326 g/mol. The topological polar surface area (TPSA) is 57.4 Å². The van der Waals surface area contributed by atoms with Crippen LogP contribution in [-0.4, -0.2) is 24.4 Å². The van der Waals surface area contributed by atoms with Crippen LogP contribution in [0.25, 0.3) is 11.4 Å². The Hall–Kier alpha value is -1.56. The van der Waals surface area contributed by atoms with Gasteiger partial charge in [-0.15, -0.1) is 0 Å². The average molecular weight is 327 g/mol. The zero-order chi connectivity index (χ0) is 13.8. The van der Waals surface area contributed by atoms with E-state index in [0.717, 1.165) is 12.0 Å². The summed E-state index contributed by atoms with van der Waals surface area (Å²) in [5, 5.41) is 3.98. The SMILES string of the molecule is CCC(Br)c1nc(-c2cc(OC)cc(OC)c2)no1. The fourth-order valence-corrected chi connectivity index (χ4v) is 1.78. The first kappa shape index (κ1) is 13.9. The van der Waals surface area contributed by atoms with Crippen LogP contribution in [0.3, 0.4) is 0 Å². The highest BCUT2D eigenvalue weighted by Gasteiger charge is 2.16. The molecule has 19 heavy (non-hydrogen) atoms. The molecule has 0 aliphatic carbocycles. The Morgan fingerprint density at radius 2 is 1.84 bits per heavy atom. The van der Waals surface area contributed by atoms with E-state index in [-0.39, 0.29) is 4.83 Å². The van der Waals surface area contributed by atoms with Crippen LogP contribution in [-0.2, 0) is 0 Å². The van der Waals surface area contributed by atoms with E-state index in [1.54, 1.807) is 20.3 Å². The molecule has 0 fully saturated rings. The number of rotatable bonds is 5. The molecular weight excluding hydrogens is 312 g/mol. The lowest BCUT2D eigenvalue weighted by Gasteiger charge is -2.05. The van der Waals surface area contributed by atoms with Crippen molar-refractivity contribution in [3.8, 4) is 22.9 Å². The Labute approximate surface area is 120 Å². The zero-order valence-corrected chi connectivity index (χ0v) is 12.6. The van der Waals surface area contributed by atoms with Crippen molar-refractivity contribution in [2.24, 2.45) is 0 Å². The van der Waals surface area contributed by atoms with Gasteiger partial charge in [0.25, 0.3) is 0 Å². The molecule has 0 N–H and O–H groups in total. The van der Waals surface area contributed by atoms with Crippen molar-refractivity contribution in [3.63, 3.8) is 0 Å². The highest BCUT2D eigenvalue weighted by atomic mass is 79.9. The van der Waals surface area contributed by atoms with Crippen LogP contribution in [0.1, 0.15) is 24.1 Å². The fourth-order valence-electron chi connectivity index (χ4n) is 1.59. The van der Waals surface area contributed by atoms with Crippen LogP contribution < -0.4 is 9.47 Å². The molecular formula is C13H15BrN2O3. The summed E-state index contributed by atoms with van der Waals surface area (Å²) in [5.41, 5.74) is 0.794. The largest absolute Gasteiger partial charge is 0.497 e. The molecule has 2 aromatic rings. The van der Waals surface area contributed by atoms with Crippen molar-refractivity contribution < 1.29 is 14.0 Å². The van der Waals surface area contributed by atoms with Gasteiger partial charge in [-0.25, -0.2) is 0 Å². The lowest BCUT2D eigenvalue weighted by atomic mass is 10.2. The van der Waals surface area contributed by atoms with E-state index < -0.39 is 0 Å². The molecule has 0 aliphatic rings. The van der Waals surface area contributed by atoms with Gasteiger partial charge < -0.3 is 14.0 Å². The number of methoxy groups -OCH3 is 2. The summed E-state index contributed by atoms with van der Waals surface area (Å²) >= 11 is 3.48. The molecule has 6 heteroatoms. The van der Waals surface area contributed by atoms with Crippen molar-refractivity contribution in [1.29, 1.82) is 0 Å². The van der Waals surface area contributed by atoms with Gasteiger partial charge >= 0.3 is 0 Å². The molecule has 0 saturated heterocycles. The van der Waals surface area contributed by atoms with Crippen molar-refractivity contribution in [2.75, 3.05) is 14.2 Å². The first-order valence-corrected chi connectivity index (χ1v) is 6.80. The van der Waals surface area contributed by atoms with Gasteiger partial charge in [0.2, 0.25) is 11.7 Å². The highest BCUT2D eigenvalue weighted by molar-refractivity contribution is 9.09. The molecule has 0 saturated carbocycles. The number of hydrogen-bond donors (Lipinski definition) is 0. The third-order valence-corrected chi connectivity index (χ3v) is 3.72. The molecule has 1 atom stereocenters. The third-order valence-electron chi connectivity index (χ3n) is 2.68. The Kier molecular flexibility index (Phi) is 4.42. The molecule has 102 valence electrons. The molecule has 5 nitrogen and oxygen atoms in total. The van der Waals surface area contributed by atoms with Gasteiger partial charge in [-0.2, -0.15) is 4.98 Å². The minimum Gasteiger partial charge on any atom is -0.497 e. The van der Waals surface area contributed by atoms with Gasteiger partial charge in [0.1, 0.15) is 11.5 Å². The van der Waals surface area contributed by atoms with Crippen LogP contribution in [0.5, 0.6) is 11.5 Å². The maximum atomic E-state index is 5.23. The Morgan fingerprint density at radius 3 is 2.37 bits per heavy atom. The van der Waals surface area contributed by atoms with Crippen molar-refractivity contribution >= 4 is 15.9 Å². The number of nitrogens with zero attached hydrogens (tertiary/aromatic N) is 2. The lowest BCUT2D eigenvalue weighted by molar-refractivity contribution is 0.376. The van der Waals surface area contributed by atoms with Crippen LogP contribution in [0.4, 0.5) is 0 Å². The molecule has 0 radical (unpaired) electrons. The zero-order valence-electron chi connectivity index (χ0n) is 11.0. The standard InChI is InChI=1S/C13H15BrN2O3/c1-4-11(14)13-15-12(16-19-13)8-5-9(17-2)7-10(6-8)18-3/h5-7,11H,4H2,1-3H3. The normalized spacial score (nSPS) is 12.2. The quantitative estimate of drug-likeness (QED) is 0.786. The second kappa shape index (κ2) is 6.06. The molecule has 0 spiro atoms. The van der Waals surface area contributed by atoms with Crippen LogP contribution in [0, 0.1) is 0 Å². The van der Waals surface area contributed by atoms with Crippen LogP contribution in [0.15, 0.2) is 22.7 Å². The number of alkyl halides is 1. The molecule has 0 amide bonds. The maximum absolute atomic E-state index is 5.23.